The van der Waals surface area contributed by atoms with E-state index in [9.17, 15) is 9.59 Å². The first-order valence-corrected chi connectivity index (χ1v) is 11.9. The number of carbonyl (C=O) groups excluding carboxylic acids is 2. The number of piperazine rings is 1. The Kier molecular flexibility index (Phi) is 5.94. The van der Waals surface area contributed by atoms with Crippen molar-refractivity contribution in [2.24, 2.45) is 0 Å². The van der Waals surface area contributed by atoms with E-state index in [0.29, 0.717) is 29.9 Å². The summed E-state index contributed by atoms with van der Waals surface area (Å²) in [5, 5.41) is 6.45. The number of aromatic nitrogens is 1. The molecule has 0 saturated carbocycles. The minimum atomic E-state index is -0.184. The van der Waals surface area contributed by atoms with Crippen molar-refractivity contribution in [2.75, 3.05) is 25.5 Å². The predicted molar refractivity (Wildman–Crippen MR) is 138 cm³/mol. The summed E-state index contributed by atoms with van der Waals surface area (Å²) in [5.41, 5.74) is 6.15. The lowest BCUT2D eigenvalue weighted by molar-refractivity contribution is -0.110. The Balaban J connectivity index is 1.56. The van der Waals surface area contributed by atoms with Gasteiger partial charge in [-0.05, 0) is 62.2 Å². The second-order valence-electron chi connectivity index (χ2n) is 9.43. The second kappa shape index (κ2) is 9.07. The van der Waals surface area contributed by atoms with Crippen molar-refractivity contribution in [1.82, 2.24) is 15.2 Å². The summed E-state index contributed by atoms with van der Waals surface area (Å²) in [6.45, 7) is 7.39. The Bertz CT molecular complexity index is 1310. The molecule has 5 rings (SSSR count). The van der Waals surface area contributed by atoms with Gasteiger partial charge in [-0.3, -0.25) is 9.59 Å². The highest BCUT2D eigenvalue weighted by Crippen LogP contribution is 2.41. The van der Waals surface area contributed by atoms with Crippen LogP contribution in [-0.4, -0.2) is 54.0 Å². The number of nitrogens with one attached hydrogen (secondary N) is 3. The van der Waals surface area contributed by atoms with Gasteiger partial charge in [-0.2, -0.15) is 0 Å². The fourth-order valence-corrected chi connectivity index (χ4v) is 5.11. The number of benzene rings is 2. The van der Waals surface area contributed by atoms with Gasteiger partial charge in [0.05, 0.1) is 23.9 Å². The standard InChI is InChI=1S/C28H30N4O3/c1-16-12-22(28(34)32-14-17(2)29-18(3)15-32)25(30-16)13-23-26-21(6-5-7-24(26)31-27(23)33)19-8-10-20(35-4)11-9-19/h5-13,17-18,29-30H,14-15H2,1-4H3,(H,31,33)/b23-13-/t17-,18+. The van der Waals surface area contributed by atoms with E-state index in [1.807, 2.05) is 66.4 Å². The summed E-state index contributed by atoms with van der Waals surface area (Å²) in [7, 11) is 1.64. The molecule has 0 aliphatic carbocycles. The van der Waals surface area contributed by atoms with Crippen LogP contribution in [0.25, 0.3) is 22.8 Å². The summed E-state index contributed by atoms with van der Waals surface area (Å²) in [6.07, 6.45) is 1.81. The van der Waals surface area contributed by atoms with E-state index in [1.54, 1.807) is 7.11 Å². The number of carbonyl (C=O) groups is 2. The molecular formula is C28H30N4O3. The molecule has 0 bridgehead atoms. The molecule has 0 spiro atoms. The monoisotopic (exact) mass is 470 g/mol. The maximum atomic E-state index is 13.5. The van der Waals surface area contributed by atoms with Crippen LogP contribution >= 0.6 is 0 Å². The molecule has 7 heteroatoms. The summed E-state index contributed by atoms with van der Waals surface area (Å²) < 4.78 is 5.29. The molecule has 0 unspecified atom stereocenters. The quantitative estimate of drug-likeness (QED) is 0.496. The molecule has 7 nitrogen and oxygen atoms in total. The number of aromatic amines is 1. The molecule has 2 aromatic carbocycles. The second-order valence-corrected chi connectivity index (χ2v) is 9.43. The van der Waals surface area contributed by atoms with Crippen molar-refractivity contribution in [1.29, 1.82) is 0 Å². The lowest BCUT2D eigenvalue weighted by atomic mass is 9.94. The SMILES string of the molecule is COc1ccc(-c2cccc3c2/C(=C/c2[nH]c(C)cc2C(=O)N2C[C@@H](C)N[C@@H](C)C2)C(=O)N3)cc1. The number of aryl methyl sites for hydroxylation is 1. The smallest absolute Gasteiger partial charge is 0.256 e. The minimum Gasteiger partial charge on any atom is -0.497 e. The summed E-state index contributed by atoms with van der Waals surface area (Å²) in [6, 6.07) is 15.9. The highest BCUT2D eigenvalue weighted by atomic mass is 16.5. The zero-order valence-electron chi connectivity index (χ0n) is 20.4. The van der Waals surface area contributed by atoms with Crippen molar-refractivity contribution >= 4 is 29.2 Å². The largest absolute Gasteiger partial charge is 0.497 e. The van der Waals surface area contributed by atoms with E-state index in [4.69, 9.17) is 4.74 Å². The van der Waals surface area contributed by atoms with E-state index in [1.165, 1.54) is 0 Å². The number of hydrogen-bond donors (Lipinski definition) is 3. The van der Waals surface area contributed by atoms with E-state index in [-0.39, 0.29) is 23.9 Å². The topological polar surface area (TPSA) is 86.5 Å². The number of nitrogens with zero attached hydrogens (tertiary/aromatic N) is 1. The van der Waals surface area contributed by atoms with Crippen LogP contribution in [0.3, 0.4) is 0 Å². The van der Waals surface area contributed by atoms with E-state index >= 15 is 0 Å². The molecule has 3 N–H and O–H groups in total. The Hall–Kier alpha value is -3.84. The Morgan fingerprint density at radius 3 is 2.49 bits per heavy atom. The summed E-state index contributed by atoms with van der Waals surface area (Å²) >= 11 is 0. The highest BCUT2D eigenvalue weighted by Gasteiger charge is 2.30. The molecular weight excluding hydrogens is 440 g/mol. The Morgan fingerprint density at radius 1 is 1.09 bits per heavy atom. The predicted octanol–water partition coefficient (Wildman–Crippen LogP) is 4.31. The third-order valence-electron chi connectivity index (χ3n) is 6.57. The van der Waals surface area contributed by atoms with Crippen molar-refractivity contribution in [2.45, 2.75) is 32.9 Å². The number of hydrogen-bond acceptors (Lipinski definition) is 4. The minimum absolute atomic E-state index is 0.0246. The number of methoxy groups -OCH3 is 1. The van der Waals surface area contributed by atoms with Gasteiger partial charge in [0.15, 0.2) is 0 Å². The number of H-pyrrole nitrogens is 1. The van der Waals surface area contributed by atoms with Crippen LogP contribution in [0.4, 0.5) is 5.69 Å². The average molecular weight is 471 g/mol. The fourth-order valence-electron chi connectivity index (χ4n) is 5.11. The molecule has 2 aliphatic heterocycles. The molecule has 3 heterocycles. The van der Waals surface area contributed by atoms with Gasteiger partial charge in [0, 0.05) is 42.1 Å². The van der Waals surface area contributed by atoms with Gasteiger partial charge in [-0.15, -0.1) is 0 Å². The van der Waals surface area contributed by atoms with Crippen molar-refractivity contribution in [3.63, 3.8) is 0 Å². The number of fused-ring (bicyclic) bond motifs is 1. The van der Waals surface area contributed by atoms with Gasteiger partial charge in [-0.1, -0.05) is 24.3 Å². The zero-order valence-corrected chi connectivity index (χ0v) is 20.4. The maximum Gasteiger partial charge on any atom is 0.256 e. The molecule has 2 aliphatic rings. The molecule has 2 amide bonds. The first-order chi connectivity index (χ1) is 16.8. The maximum absolute atomic E-state index is 13.5. The van der Waals surface area contributed by atoms with Crippen molar-refractivity contribution in [3.8, 4) is 16.9 Å². The third-order valence-corrected chi connectivity index (χ3v) is 6.57. The zero-order chi connectivity index (χ0) is 24.7. The van der Waals surface area contributed by atoms with Crippen LogP contribution in [0.1, 0.15) is 41.2 Å². The van der Waals surface area contributed by atoms with Crippen LogP contribution < -0.4 is 15.4 Å². The third kappa shape index (κ3) is 4.35. The van der Waals surface area contributed by atoms with Gasteiger partial charge < -0.3 is 25.3 Å². The van der Waals surface area contributed by atoms with Crippen LogP contribution in [0.15, 0.2) is 48.5 Å². The molecule has 1 aromatic heterocycles. The first kappa shape index (κ1) is 22.9. The van der Waals surface area contributed by atoms with E-state index in [2.05, 4.69) is 29.5 Å². The summed E-state index contributed by atoms with van der Waals surface area (Å²) in [4.78, 5) is 31.8. The fraction of sp³-hybridized carbons (Fsp3) is 0.286. The number of rotatable bonds is 4. The lowest BCUT2D eigenvalue weighted by Crippen LogP contribution is -2.55. The van der Waals surface area contributed by atoms with Crippen LogP contribution in [0.2, 0.25) is 0 Å². The van der Waals surface area contributed by atoms with E-state index < -0.39 is 0 Å². The van der Waals surface area contributed by atoms with Gasteiger partial charge in [0.1, 0.15) is 5.75 Å². The molecule has 0 radical (unpaired) electrons. The summed E-state index contributed by atoms with van der Waals surface area (Å²) in [5.74, 6) is 0.562. The van der Waals surface area contributed by atoms with Gasteiger partial charge in [0.25, 0.3) is 11.8 Å². The molecule has 1 saturated heterocycles. The molecule has 35 heavy (non-hydrogen) atoms. The van der Waals surface area contributed by atoms with E-state index in [0.717, 1.165) is 33.8 Å². The normalized spacial score (nSPS) is 20.6. The number of anilines is 1. The van der Waals surface area contributed by atoms with Crippen molar-refractivity contribution in [3.05, 3.63) is 71.0 Å². The van der Waals surface area contributed by atoms with Gasteiger partial charge >= 0.3 is 0 Å². The van der Waals surface area contributed by atoms with Crippen molar-refractivity contribution < 1.29 is 14.3 Å². The van der Waals surface area contributed by atoms with Crippen LogP contribution in [-0.2, 0) is 4.79 Å². The Morgan fingerprint density at radius 2 is 1.80 bits per heavy atom. The molecule has 1 fully saturated rings. The number of amides is 2. The highest BCUT2D eigenvalue weighted by molar-refractivity contribution is 6.36. The van der Waals surface area contributed by atoms with Gasteiger partial charge in [-0.25, -0.2) is 0 Å². The molecule has 2 atom stereocenters. The lowest BCUT2D eigenvalue weighted by Gasteiger charge is -2.36. The van der Waals surface area contributed by atoms with Gasteiger partial charge in [0.2, 0.25) is 0 Å². The number of ether oxygens (including phenoxy) is 1. The average Bonchev–Trinajstić information content (AvgIpc) is 3.37. The molecule has 180 valence electrons. The molecule has 3 aromatic rings. The first-order valence-electron chi connectivity index (χ1n) is 11.9. The Labute approximate surface area is 205 Å². The van der Waals surface area contributed by atoms with Crippen LogP contribution in [0, 0.1) is 6.92 Å². The van der Waals surface area contributed by atoms with Crippen LogP contribution in [0.5, 0.6) is 5.75 Å².